The summed E-state index contributed by atoms with van der Waals surface area (Å²) < 4.78 is 18.1. The molecule has 2 heterocycles. The Morgan fingerprint density at radius 1 is 1.29 bits per heavy atom. The highest BCUT2D eigenvalue weighted by atomic mass is 16.5. The van der Waals surface area contributed by atoms with E-state index in [1.165, 1.54) is 0 Å². The monoisotopic (exact) mass is 197 g/mol. The molecule has 0 atom stereocenters. The molecule has 2 rings (SSSR count). The summed E-state index contributed by atoms with van der Waals surface area (Å²) in [7, 11) is 1.70. The smallest absolute Gasteiger partial charge is 0.178 e. The summed E-state index contributed by atoms with van der Waals surface area (Å²) >= 11 is 0. The maximum Gasteiger partial charge on any atom is 0.178 e. The van der Waals surface area contributed by atoms with E-state index in [0.717, 1.165) is 37.7 Å². The van der Waals surface area contributed by atoms with Crippen LogP contribution in [-0.4, -0.2) is 31.5 Å². The van der Waals surface area contributed by atoms with Crippen LogP contribution in [0.5, 0.6) is 11.5 Å². The van der Waals surface area contributed by atoms with Crippen molar-refractivity contribution in [3.63, 3.8) is 0 Å². The van der Waals surface area contributed by atoms with Crippen LogP contribution < -0.4 is 9.47 Å². The molecule has 0 bridgehead atoms. The summed E-state index contributed by atoms with van der Waals surface area (Å²) in [6.45, 7) is 3.01. The average molecular weight is 197 g/mol. The molecular formula is C10H15NO3. The van der Waals surface area contributed by atoms with E-state index in [0.29, 0.717) is 6.61 Å². The maximum absolute atomic E-state index is 5.52. The Balaban J connectivity index is 2.06. The van der Waals surface area contributed by atoms with Crippen molar-refractivity contribution < 1.29 is 14.2 Å². The highest BCUT2D eigenvalue weighted by Gasteiger charge is 2.12. The van der Waals surface area contributed by atoms with E-state index in [4.69, 9.17) is 14.2 Å². The second kappa shape index (κ2) is 4.37. The maximum atomic E-state index is 5.52. The SMILES string of the molecule is COCCn1cc2c(c1)OCCCO2. The molecule has 0 spiro atoms. The first-order chi connectivity index (χ1) is 6.90. The quantitative estimate of drug-likeness (QED) is 0.732. The first kappa shape index (κ1) is 9.40. The molecule has 0 saturated heterocycles. The molecule has 0 N–H and O–H groups in total. The van der Waals surface area contributed by atoms with Crippen molar-refractivity contribution in [1.29, 1.82) is 0 Å². The molecule has 14 heavy (non-hydrogen) atoms. The van der Waals surface area contributed by atoms with Gasteiger partial charge in [-0.05, 0) is 0 Å². The van der Waals surface area contributed by atoms with Crippen molar-refractivity contribution in [2.45, 2.75) is 13.0 Å². The van der Waals surface area contributed by atoms with Crippen LogP contribution in [-0.2, 0) is 11.3 Å². The zero-order valence-corrected chi connectivity index (χ0v) is 8.36. The predicted molar refractivity (Wildman–Crippen MR) is 51.9 cm³/mol. The van der Waals surface area contributed by atoms with Crippen LogP contribution in [0.2, 0.25) is 0 Å². The second-order valence-corrected chi connectivity index (χ2v) is 3.27. The lowest BCUT2D eigenvalue weighted by Crippen LogP contribution is -2.03. The lowest BCUT2D eigenvalue weighted by atomic mass is 10.5. The number of aromatic nitrogens is 1. The lowest BCUT2D eigenvalue weighted by molar-refractivity contribution is 0.187. The van der Waals surface area contributed by atoms with Gasteiger partial charge in [0.2, 0.25) is 0 Å². The van der Waals surface area contributed by atoms with Crippen LogP contribution in [0, 0.1) is 0 Å². The van der Waals surface area contributed by atoms with Crippen LogP contribution in [0.3, 0.4) is 0 Å². The Morgan fingerprint density at radius 3 is 2.50 bits per heavy atom. The fraction of sp³-hybridized carbons (Fsp3) is 0.600. The summed E-state index contributed by atoms with van der Waals surface area (Å²) in [6.07, 6.45) is 4.87. The summed E-state index contributed by atoms with van der Waals surface area (Å²) in [6, 6.07) is 0. The molecule has 0 fully saturated rings. The molecule has 0 unspecified atom stereocenters. The molecule has 0 aromatic carbocycles. The van der Waals surface area contributed by atoms with Crippen LogP contribution >= 0.6 is 0 Å². The lowest BCUT2D eigenvalue weighted by Gasteiger charge is -2.01. The van der Waals surface area contributed by atoms with Gasteiger partial charge in [0.15, 0.2) is 11.5 Å². The van der Waals surface area contributed by atoms with E-state index in [2.05, 4.69) is 0 Å². The van der Waals surface area contributed by atoms with Gasteiger partial charge in [0.05, 0.1) is 32.2 Å². The molecule has 1 aromatic heterocycles. The van der Waals surface area contributed by atoms with E-state index in [1.54, 1.807) is 7.11 Å². The summed E-state index contributed by atoms with van der Waals surface area (Å²) in [5, 5.41) is 0. The van der Waals surface area contributed by atoms with Gasteiger partial charge in [0.1, 0.15) is 0 Å². The van der Waals surface area contributed by atoms with E-state index in [9.17, 15) is 0 Å². The number of nitrogens with zero attached hydrogens (tertiary/aromatic N) is 1. The van der Waals surface area contributed by atoms with Gasteiger partial charge >= 0.3 is 0 Å². The zero-order chi connectivity index (χ0) is 9.80. The van der Waals surface area contributed by atoms with Crippen molar-refractivity contribution in [1.82, 2.24) is 4.57 Å². The van der Waals surface area contributed by atoms with E-state index in [1.807, 2.05) is 17.0 Å². The second-order valence-electron chi connectivity index (χ2n) is 3.27. The third-order valence-electron chi connectivity index (χ3n) is 2.17. The molecule has 4 nitrogen and oxygen atoms in total. The molecular weight excluding hydrogens is 182 g/mol. The molecule has 78 valence electrons. The first-order valence-corrected chi connectivity index (χ1v) is 4.84. The molecule has 0 amide bonds. The standard InChI is InChI=1S/C10H15NO3/c1-12-6-3-11-7-9-10(8-11)14-5-2-4-13-9/h7-8H,2-6H2,1H3. The van der Waals surface area contributed by atoms with Gasteiger partial charge in [0, 0.05) is 20.1 Å². The average Bonchev–Trinajstić information content (AvgIpc) is 2.46. The fourth-order valence-corrected chi connectivity index (χ4v) is 1.43. The van der Waals surface area contributed by atoms with Gasteiger partial charge in [-0.15, -0.1) is 0 Å². The summed E-state index contributed by atoms with van der Waals surface area (Å²) in [5.74, 6) is 1.69. The van der Waals surface area contributed by atoms with Crippen molar-refractivity contribution >= 4 is 0 Å². The number of ether oxygens (including phenoxy) is 3. The van der Waals surface area contributed by atoms with Crippen LogP contribution in [0.25, 0.3) is 0 Å². The normalized spacial score (nSPS) is 15.2. The molecule has 1 aromatic rings. The predicted octanol–water partition coefficient (Wildman–Crippen LogP) is 1.30. The van der Waals surface area contributed by atoms with Crippen molar-refractivity contribution in [3.8, 4) is 11.5 Å². The van der Waals surface area contributed by atoms with Crippen molar-refractivity contribution in [2.75, 3.05) is 26.9 Å². The molecule has 0 saturated carbocycles. The highest BCUT2D eigenvalue weighted by Crippen LogP contribution is 2.30. The first-order valence-electron chi connectivity index (χ1n) is 4.84. The van der Waals surface area contributed by atoms with Gasteiger partial charge in [-0.2, -0.15) is 0 Å². The van der Waals surface area contributed by atoms with E-state index in [-0.39, 0.29) is 0 Å². The number of rotatable bonds is 3. The number of fused-ring (bicyclic) bond motifs is 1. The van der Waals surface area contributed by atoms with Gasteiger partial charge in [-0.1, -0.05) is 0 Å². The Kier molecular flexibility index (Phi) is 2.93. The van der Waals surface area contributed by atoms with Gasteiger partial charge in [0.25, 0.3) is 0 Å². The Morgan fingerprint density at radius 2 is 1.93 bits per heavy atom. The highest BCUT2D eigenvalue weighted by molar-refractivity contribution is 5.38. The van der Waals surface area contributed by atoms with Gasteiger partial charge in [-0.3, -0.25) is 0 Å². The Bertz CT molecular complexity index is 272. The van der Waals surface area contributed by atoms with E-state index < -0.39 is 0 Å². The summed E-state index contributed by atoms with van der Waals surface area (Å²) in [4.78, 5) is 0. The van der Waals surface area contributed by atoms with Crippen molar-refractivity contribution in [2.24, 2.45) is 0 Å². The number of hydrogen-bond donors (Lipinski definition) is 0. The minimum atomic E-state index is 0.702. The minimum Gasteiger partial charge on any atom is -0.488 e. The third-order valence-corrected chi connectivity index (χ3v) is 2.17. The molecule has 0 radical (unpaired) electrons. The summed E-state index contributed by atoms with van der Waals surface area (Å²) in [5.41, 5.74) is 0. The molecule has 4 heteroatoms. The van der Waals surface area contributed by atoms with Crippen LogP contribution in [0.4, 0.5) is 0 Å². The zero-order valence-electron chi connectivity index (χ0n) is 8.36. The van der Waals surface area contributed by atoms with Gasteiger partial charge in [-0.25, -0.2) is 0 Å². The Hall–Kier alpha value is -1.16. The van der Waals surface area contributed by atoms with Crippen LogP contribution in [0.15, 0.2) is 12.4 Å². The minimum absolute atomic E-state index is 0.702. The van der Waals surface area contributed by atoms with Gasteiger partial charge < -0.3 is 18.8 Å². The molecule has 1 aliphatic heterocycles. The molecule has 0 aliphatic carbocycles. The third kappa shape index (κ3) is 2.01. The number of methoxy groups -OCH3 is 1. The Labute approximate surface area is 83.4 Å². The molecule has 1 aliphatic rings. The topological polar surface area (TPSA) is 32.6 Å². The van der Waals surface area contributed by atoms with Crippen LogP contribution in [0.1, 0.15) is 6.42 Å². The number of hydrogen-bond acceptors (Lipinski definition) is 3. The van der Waals surface area contributed by atoms with E-state index >= 15 is 0 Å². The largest absolute Gasteiger partial charge is 0.488 e. The fourth-order valence-electron chi connectivity index (χ4n) is 1.43. The van der Waals surface area contributed by atoms with Crippen molar-refractivity contribution in [3.05, 3.63) is 12.4 Å².